The van der Waals surface area contributed by atoms with Gasteiger partial charge in [0.1, 0.15) is 18.0 Å². The SMILES string of the molecule is C=C(CC[C@]12O[C@H](C(=O)O)[C@@](O)(C(=O)O)[C@](C(=O)O)(O1)[C@H](OC(=O)C=C[C@@H](C)C[C@@H](C)CC)[C@H]2O)[C@@H](OC(C)=O)[C@H](C)Cc1ccco1. The van der Waals surface area contributed by atoms with Crippen molar-refractivity contribution < 1.29 is 72.9 Å². The molecule has 15 heteroatoms. The van der Waals surface area contributed by atoms with Crippen molar-refractivity contribution in [3.05, 3.63) is 48.5 Å². The summed E-state index contributed by atoms with van der Waals surface area (Å²) in [6.45, 7) is 12.7. The van der Waals surface area contributed by atoms with E-state index in [2.05, 4.69) is 6.58 Å². The standard InChI is InChI=1S/C33H44O15/c1-7-17(2)15-18(3)10-11-23(35)46-26-25(36)31(47-27(28(37)38)32(43,29(39)40)33(26,48-31)30(41)42)13-12-19(4)24(45-21(6)34)20(5)16-22-9-8-14-44-22/h8-11,14,17-18,20,24-27,36,43H,4,7,12-13,15-16H2,1-3,5-6H3,(H,37,38)(H,39,40)(H,41,42)/t17-,18+,20+,24+,25+,26+,27+,31-,32+,33-/m0/s1. The molecule has 5 N–H and O–H groups in total. The molecule has 2 bridgehead atoms. The maximum atomic E-state index is 13.0. The quantitative estimate of drug-likeness (QED) is 0.0903. The molecule has 10 atom stereocenters. The van der Waals surface area contributed by atoms with Gasteiger partial charge in [-0.2, -0.15) is 0 Å². The zero-order valence-corrected chi connectivity index (χ0v) is 27.5. The van der Waals surface area contributed by atoms with E-state index in [0.29, 0.717) is 24.5 Å². The third-order valence-corrected chi connectivity index (χ3v) is 8.99. The Morgan fingerprint density at radius 3 is 2.29 bits per heavy atom. The summed E-state index contributed by atoms with van der Waals surface area (Å²) < 4.78 is 27.3. The van der Waals surface area contributed by atoms with Crippen LogP contribution in [0.25, 0.3) is 0 Å². The second-order valence-electron chi connectivity index (χ2n) is 12.7. The first-order chi connectivity index (χ1) is 22.4. The number of ether oxygens (including phenoxy) is 4. The van der Waals surface area contributed by atoms with E-state index in [1.807, 2.05) is 20.8 Å². The first-order valence-electron chi connectivity index (χ1n) is 15.6. The highest BCUT2D eigenvalue weighted by molar-refractivity contribution is 5.98. The number of hydrogen-bond acceptors (Lipinski definition) is 12. The van der Waals surface area contributed by atoms with Crippen LogP contribution >= 0.6 is 0 Å². The van der Waals surface area contributed by atoms with E-state index in [0.717, 1.165) is 12.5 Å². The van der Waals surface area contributed by atoms with Crippen LogP contribution in [-0.2, 0) is 49.3 Å². The topological polar surface area (TPSA) is 237 Å². The Morgan fingerprint density at radius 2 is 1.77 bits per heavy atom. The molecule has 2 fully saturated rings. The highest BCUT2D eigenvalue weighted by Crippen LogP contribution is 2.56. The van der Waals surface area contributed by atoms with Gasteiger partial charge in [-0.05, 0) is 42.4 Å². The van der Waals surface area contributed by atoms with Crippen molar-refractivity contribution in [2.75, 3.05) is 0 Å². The number of carboxylic acids is 3. The zero-order chi connectivity index (χ0) is 36.2. The number of esters is 2. The van der Waals surface area contributed by atoms with Crippen LogP contribution in [0.2, 0.25) is 0 Å². The number of rotatable bonds is 17. The van der Waals surface area contributed by atoms with Crippen molar-refractivity contribution >= 4 is 29.8 Å². The summed E-state index contributed by atoms with van der Waals surface area (Å²) in [6.07, 6.45) is -3.65. The van der Waals surface area contributed by atoms with Crippen molar-refractivity contribution in [1.82, 2.24) is 0 Å². The van der Waals surface area contributed by atoms with Crippen molar-refractivity contribution in [3.63, 3.8) is 0 Å². The molecule has 2 saturated heterocycles. The lowest BCUT2D eigenvalue weighted by Gasteiger charge is -2.48. The van der Waals surface area contributed by atoms with E-state index in [-0.39, 0.29) is 17.9 Å². The largest absolute Gasteiger partial charge is 0.479 e. The Kier molecular flexibility index (Phi) is 12.0. The first-order valence-corrected chi connectivity index (χ1v) is 15.6. The van der Waals surface area contributed by atoms with Gasteiger partial charge in [-0.3, -0.25) is 4.79 Å². The molecule has 0 radical (unpaired) electrons. The van der Waals surface area contributed by atoms with Gasteiger partial charge >= 0.3 is 29.8 Å². The fourth-order valence-corrected chi connectivity index (χ4v) is 6.34. The molecule has 1 aromatic heterocycles. The summed E-state index contributed by atoms with van der Waals surface area (Å²) in [7, 11) is 0. The number of hydrogen-bond donors (Lipinski definition) is 5. The van der Waals surface area contributed by atoms with Crippen LogP contribution in [0.15, 0.2) is 47.1 Å². The number of aliphatic hydroxyl groups excluding tert-OH is 1. The first kappa shape index (κ1) is 38.4. The van der Waals surface area contributed by atoms with Gasteiger partial charge in [0.05, 0.1) is 6.26 Å². The molecule has 48 heavy (non-hydrogen) atoms. The highest BCUT2D eigenvalue weighted by Gasteiger charge is 2.85. The van der Waals surface area contributed by atoms with Crippen LogP contribution in [0.5, 0.6) is 0 Å². The molecular formula is C33H44O15. The predicted octanol–water partition coefficient (Wildman–Crippen LogP) is 2.48. The molecule has 15 nitrogen and oxygen atoms in total. The number of aliphatic hydroxyl groups is 2. The zero-order valence-electron chi connectivity index (χ0n) is 27.5. The Balaban J connectivity index is 2.02. The lowest BCUT2D eigenvalue weighted by molar-refractivity contribution is -0.374. The minimum Gasteiger partial charge on any atom is -0.479 e. The Bertz CT molecular complexity index is 1400. The van der Waals surface area contributed by atoms with E-state index in [9.17, 15) is 49.5 Å². The second kappa shape index (κ2) is 15.0. The van der Waals surface area contributed by atoms with Crippen molar-refractivity contribution in [3.8, 4) is 0 Å². The molecular weight excluding hydrogens is 636 g/mol. The van der Waals surface area contributed by atoms with E-state index in [1.165, 1.54) is 19.3 Å². The molecule has 0 spiro atoms. The van der Waals surface area contributed by atoms with Gasteiger partial charge in [0, 0.05) is 31.8 Å². The minimum absolute atomic E-state index is 0.127. The third-order valence-electron chi connectivity index (χ3n) is 8.99. The molecule has 2 aliphatic heterocycles. The number of allylic oxidation sites excluding steroid dienone is 1. The van der Waals surface area contributed by atoms with Crippen molar-refractivity contribution in [2.24, 2.45) is 17.8 Å². The van der Waals surface area contributed by atoms with Crippen LogP contribution in [0, 0.1) is 17.8 Å². The lowest BCUT2D eigenvalue weighted by Crippen LogP contribution is -2.78. The monoisotopic (exact) mass is 680 g/mol. The number of carboxylic acid groups (broad SMARTS) is 3. The molecule has 2 aliphatic rings. The van der Waals surface area contributed by atoms with Crippen LogP contribution in [-0.4, -0.2) is 96.8 Å². The van der Waals surface area contributed by atoms with Gasteiger partial charge in [-0.15, -0.1) is 0 Å². The summed E-state index contributed by atoms with van der Waals surface area (Å²) in [5, 5.41) is 53.4. The molecule has 0 amide bonds. The van der Waals surface area contributed by atoms with Gasteiger partial charge < -0.3 is 48.9 Å². The average Bonchev–Trinajstić information content (AvgIpc) is 3.59. The van der Waals surface area contributed by atoms with Crippen LogP contribution in [0.1, 0.15) is 66.1 Å². The molecule has 3 rings (SSSR count). The molecule has 0 unspecified atom stereocenters. The number of carbonyl (C=O) groups is 5. The molecule has 0 aromatic carbocycles. The number of furan rings is 1. The van der Waals surface area contributed by atoms with Gasteiger partial charge in [-0.1, -0.05) is 46.8 Å². The number of aliphatic carboxylic acids is 3. The fourth-order valence-electron chi connectivity index (χ4n) is 6.34. The fraction of sp³-hybridized carbons (Fsp3) is 0.606. The number of carbonyl (C=O) groups excluding carboxylic acids is 2. The lowest BCUT2D eigenvalue weighted by atomic mass is 9.74. The normalized spacial score (nSPS) is 30.6. The summed E-state index contributed by atoms with van der Waals surface area (Å²) in [6, 6.07) is 3.39. The van der Waals surface area contributed by atoms with Crippen molar-refractivity contribution in [1.29, 1.82) is 0 Å². The van der Waals surface area contributed by atoms with Crippen LogP contribution in [0.4, 0.5) is 0 Å². The maximum absolute atomic E-state index is 13.0. The van der Waals surface area contributed by atoms with Gasteiger partial charge in [0.2, 0.25) is 23.1 Å². The van der Waals surface area contributed by atoms with Crippen LogP contribution in [0.3, 0.4) is 0 Å². The van der Waals surface area contributed by atoms with E-state index in [4.69, 9.17) is 23.4 Å². The molecule has 1 aromatic rings. The Labute approximate surface area is 277 Å². The van der Waals surface area contributed by atoms with E-state index < -0.39 is 83.6 Å². The molecule has 0 aliphatic carbocycles. The van der Waals surface area contributed by atoms with Gasteiger partial charge in [0.25, 0.3) is 0 Å². The van der Waals surface area contributed by atoms with Crippen molar-refractivity contribution in [2.45, 2.75) is 108 Å². The van der Waals surface area contributed by atoms with Gasteiger partial charge in [0.15, 0.2) is 6.10 Å². The smallest absolute Gasteiger partial charge is 0.344 e. The highest BCUT2D eigenvalue weighted by atomic mass is 16.8. The Hall–Kier alpha value is -4.05. The minimum atomic E-state index is -3.90. The predicted molar refractivity (Wildman–Crippen MR) is 163 cm³/mol. The van der Waals surface area contributed by atoms with Crippen LogP contribution < -0.4 is 0 Å². The maximum Gasteiger partial charge on any atom is 0.344 e. The van der Waals surface area contributed by atoms with E-state index in [1.54, 1.807) is 19.1 Å². The third kappa shape index (κ3) is 7.33. The summed E-state index contributed by atoms with van der Waals surface area (Å²) in [4.78, 5) is 62.8. The summed E-state index contributed by atoms with van der Waals surface area (Å²) in [5.41, 5.74) is -7.25. The second-order valence-corrected chi connectivity index (χ2v) is 12.7. The number of fused-ring (bicyclic) bond motifs is 2. The van der Waals surface area contributed by atoms with E-state index >= 15 is 0 Å². The Morgan fingerprint density at radius 1 is 1.10 bits per heavy atom. The molecule has 266 valence electrons. The molecule has 3 heterocycles. The summed E-state index contributed by atoms with van der Waals surface area (Å²) >= 11 is 0. The molecule has 0 saturated carbocycles. The summed E-state index contributed by atoms with van der Waals surface area (Å²) in [5.74, 6) is -10.9. The van der Waals surface area contributed by atoms with Gasteiger partial charge in [-0.25, -0.2) is 19.2 Å². The average molecular weight is 681 g/mol.